The summed E-state index contributed by atoms with van der Waals surface area (Å²) in [5, 5.41) is 9.45. The third-order valence-electron chi connectivity index (χ3n) is 4.16. The number of aromatic nitrogens is 1. The first-order chi connectivity index (χ1) is 12.1. The summed E-state index contributed by atoms with van der Waals surface area (Å²) in [6.07, 6.45) is 1.11. The van der Waals surface area contributed by atoms with Crippen LogP contribution in [0.2, 0.25) is 0 Å². The molecule has 0 saturated carbocycles. The molecule has 1 aliphatic rings. The van der Waals surface area contributed by atoms with E-state index in [0.29, 0.717) is 25.3 Å². The minimum absolute atomic E-state index is 0.0528. The Morgan fingerprint density at radius 1 is 1.36 bits per heavy atom. The number of hydrogen-bond acceptors (Lipinski definition) is 4. The monoisotopic (exact) mass is 342 g/mol. The number of hydrogen-bond donors (Lipinski definition) is 2. The summed E-state index contributed by atoms with van der Waals surface area (Å²) in [5.74, 6) is 0.664. The summed E-state index contributed by atoms with van der Waals surface area (Å²) >= 11 is 0. The van der Waals surface area contributed by atoms with E-state index in [1.54, 1.807) is 4.90 Å². The molecule has 132 valence electrons. The number of aryl methyl sites for hydroxylation is 1. The highest BCUT2D eigenvalue weighted by Crippen LogP contribution is 2.15. The number of rotatable bonds is 6. The molecule has 7 nitrogen and oxygen atoms in total. The fourth-order valence-electron chi connectivity index (χ4n) is 2.84. The fourth-order valence-corrected chi connectivity index (χ4v) is 2.84. The third kappa shape index (κ3) is 4.59. The van der Waals surface area contributed by atoms with Crippen molar-refractivity contribution in [2.45, 2.75) is 38.9 Å². The van der Waals surface area contributed by atoms with Crippen molar-refractivity contribution in [2.75, 3.05) is 6.54 Å². The van der Waals surface area contributed by atoms with Crippen LogP contribution in [0, 0.1) is 0 Å². The maximum atomic E-state index is 12.1. The van der Waals surface area contributed by atoms with Crippen LogP contribution in [0.4, 0.5) is 4.79 Å². The van der Waals surface area contributed by atoms with Crippen molar-refractivity contribution in [3.63, 3.8) is 0 Å². The first-order valence-corrected chi connectivity index (χ1v) is 8.44. The largest absolute Gasteiger partial charge is 0.359 e. The number of carbonyl (C=O) groups is 2. The van der Waals surface area contributed by atoms with Crippen molar-refractivity contribution in [1.29, 1.82) is 0 Å². The Hall–Kier alpha value is -2.83. The summed E-state index contributed by atoms with van der Waals surface area (Å²) in [7, 11) is 0. The smallest absolute Gasteiger partial charge is 0.315 e. The lowest BCUT2D eigenvalue weighted by atomic mass is 10.2. The number of urea groups is 1. The predicted octanol–water partition coefficient (Wildman–Crippen LogP) is 1.84. The second-order valence-electron chi connectivity index (χ2n) is 6.13. The van der Waals surface area contributed by atoms with Crippen LogP contribution in [0.25, 0.3) is 0 Å². The van der Waals surface area contributed by atoms with Crippen molar-refractivity contribution in [2.24, 2.45) is 0 Å². The molecule has 3 rings (SSSR count). The maximum Gasteiger partial charge on any atom is 0.315 e. The van der Waals surface area contributed by atoms with E-state index in [2.05, 4.69) is 15.8 Å². The second kappa shape index (κ2) is 7.83. The quantitative estimate of drug-likeness (QED) is 0.838. The zero-order valence-corrected chi connectivity index (χ0v) is 14.2. The summed E-state index contributed by atoms with van der Waals surface area (Å²) in [5.41, 5.74) is 1.94. The fraction of sp³-hybridized carbons (Fsp3) is 0.389. The molecule has 25 heavy (non-hydrogen) atoms. The van der Waals surface area contributed by atoms with Crippen LogP contribution in [0.15, 0.2) is 40.9 Å². The van der Waals surface area contributed by atoms with Gasteiger partial charge in [0.2, 0.25) is 5.91 Å². The van der Waals surface area contributed by atoms with Gasteiger partial charge in [0.25, 0.3) is 0 Å². The molecule has 1 aromatic carbocycles. The topological polar surface area (TPSA) is 87.5 Å². The van der Waals surface area contributed by atoms with Crippen LogP contribution in [0.5, 0.6) is 0 Å². The van der Waals surface area contributed by atoms with Gasteiger partial charge in [0.1, 0.15) is 0 Å². The molecule has 2 N–H and O–H groups in total. The Morgan fingerprint density at radius 3 is 2.88 bits per heavy atom. The van der Waals surface area contributed by atoms with Crippen LogP contribution in [-0.2, 0) is 24.3 Å². The van der Waals surface area contributed by atoms with Crippen molar-refractivity contribution in [1.82, 2.24) is 20.7 Å². The lowest BCUT2D eigenvalue weighted by Crippen LogP contribution is -2.43. The molecule has 1 atom stereocenters. The lowest BCUT2D eigenvalue weighted by molar-refractivity contribution is -0.128. The Bertz CT molecular complexity index is 729. The molecule has 1 aliphatic heterocycles. The number of benzene rings is 1. The first kappa shape index (κ1) is 17.0. The van der Waals surface area contributed by atoms with Gasteiger partial charge in [-0.1, -0.05) is 42.4 Å². The van der Waals surface area contributed by atoms with Crippen molar-refractivity contribution < 1.29 is 14.1 Å². The van der Waals surface area contributed by atoms with Gasteiger partial charge in [0, 0.05) is 25.6 Å². The van der Waals surface area contributed by atoms with Gasteiger partial charge >= 0.3 is 6.03 Å². The van der Waals surface area contributed by atoms with E-state index in [4.69, 9.17) is 4.52 Å². The Balaban J connectivity index is 1.45. The molecule has 2 aromatic rings. The molecule has 2 heterocycles. The van der Waals surface area contributed by atoms with Crippen LogP contribution in [0.1, 0.15) is 30.4 Å². The molecule has 0 radical (unpaired) electrons. The molecule has 1 aromatic heterocycles. The van der Waals surface area contributed by atoms with Gasteiger partial charge in [-0.15, -0.1) is 0 Å². The van der Waals surface area contributed by atoms with Gasteiger partial charge in [-0.3, -0.25) is 4.79 Å². The molecule has 0 unspecified atom stereocenters. The van der Waals surface area contributed by atoms with E-state index >= 15 is 0 Å². The van der Waals surface area contributed by atoms with Gasteiger partial charge in [0.05, 0.1) is 18.3 Å². The van der Waals surface area contributed by atoms with Crippen LogP contribution >= 0.6 is 0 Å². The summed E-state index contributed by atoms with van der Waals surface area (Å²) in [6.45, 7) is 3.34. The van der Waals surface area contributed by atoms with E-state index in [1.165, 1.54) is 0 Å². The molecular formula is C18H22N4O3. The SMILES string of the molecule is CCc1cc(CNC(=O)N[C@H]2CC(=O)N(Cc3ccccc3)C2)on1. The van der Waals surface area contributed by atoms with Gasteiger partial charge < -0.3 is 20.1 Å². The zero-order chi connectivity index (χ0) is 17.6. The predicted molar refractivity (Wildman–Crippen MR) is 91.5 cm³/mol. The molecule has 0 aliphatic carbocycles. The normalized spacial score (nSPS) is 16.9. The molecule has 3 amide bonds. The number of nitrogens with one attached hydrogen (secondary N) is 2. The van der Waals surface area contributed by atoms with Crippen molar-refractivity contribution in [3.05, 3.63) is 53.4 Å². The number of nitrogens with zero attached hydrogens (tertiary/aromatic N) is 2. The van der Waals surface area contributed by atoms with E-state index in [1.807, 2.05) is 43.3 Å². The Labute approximate surface area is 146 Å². The summed E-state index contributed by atoms with van der Waals surface area (Å²) in [6, 6.07) is 11.2. The minimum Gasteiger partial charge on any atom is -0.359 e. The third-order valence-corrected chi connectivity index (χ3v) is 4.16. The first-order valence-electron chi connectivity index (χ1n) is 8.44. The van der Waals surface area contributed by atoms with E-state index in [9.17, 15) is 9.59 Å². The molecule has 0 spiro atoms. The molecular weight excluding hydrogens is 320 g/mol. The van der Waals surface area contributed by atoms with Crippen LogP contribution in [0.3, 0.4) is 0 Å². The summed E-state index contributed by atoms with van der Waals surface area (Å²) in [4.78, 5) is 25.9. The lowest BCUT2D eigenvalue weighted by Gasteiger charge is -2.17. The Morgan fingerprint density at radius 2 is 2.16 bits per heavy atom. The standard InChI is InChI=1S/C18H22N4O3/c1-2-14-8-16(25-21-14)10-19-18(24)20-15-9-17(23)22(12-15)11-13-6-4-3-5-7-13/h3-8,15H,2,9-12H2,1H3,(H2,19,20,24)/t15-/m0/s1. The van der Waals surface area contributed by atoms with Gasteiger partial charge in [-0.05, 0) is 12.0 Å². The highest BCUT2D eigenvalue weighted by atomic mass is 16.5. The second-order valence-corrected chi connectivity index (χ2v) is 6.13. The molecule has 0 bridgehead atoms. The van der Waals surface area contributed by atoms with E-state index < -0.39 is 0 Å². The maximum absolute atomic E-state index is 12.1. The van der Waals surface area contributed by atoms with E-state index in [-0.39, 0.29) is 24.5 Å². The average molecular weight is 342 g/mol. The van der Waals surface area contributed by atoms with Crippen molar-refractivity contribution in [3.8, 4) is 0 Å². The number of likely N-dealkylation sites (tertiary alicyclic amines) is 1. The number of carbonyl (C=O) groups excluding carboxylic acids is 2. The summed E-state index contributed by atoms with van der Waals surface area (Å²) < 4.78 is 5.12. The van der Waals surface area contributed by atoms with Crippen molar-refractivity contribution >= 4 is 11.9 Å². The minimum atomic E-state index is -0.311. The average Bonchev–Trinajstić information content (AvgIpc) is 3.21. The highest BCUT2D eigenvalue weighted by Gasteiger charge is 2.30. The van der Waals surface area contributed by atoms with Gasteiger partial charge in [0.15, 0.2) is 5.76 Å². The molecule has 7 heteroatoms. The molecule has 1 fully saturated rings. The Kier molecular flexibility index (Phi) is 5.33. The molecule has 1 saturated heterocycles. The zero-order valence-electron chi connectivity index (χ0n) is 14.2. The van der Waals surface area contributed by atoms with Crippen LogP contribution in [-0.4, -0.2) is 34.6 Å². The van der Waals surface area contributed by atoms with E-state index in [0.717, 1.165) is 17.7 Å². The van der Waals surface area contributed by atoms with Gasteiger partial charge in [-0.25, -0.2) is 4.79 Å². The van der Waals surface area contributed by atoms with Crippen LogP contribution < -0.4 is 10.6 Å². The van der Waals surface area contributed by atoms with Gasteiger partial charge in [-0.2, -0.15) is 0 Å². The number of amides is 3. The highest BCUT2D eigenvalue weighted by molar-refractivity contribution is 5.81.